The standard InChI is InChI=1S/C16H22F2N2O2.ClH/c17-13-5-6-15(14(18)9-13)22-8-2-4-16(21)20-11-12-3-1-7-19-10-12;/h5-6,9,12,19H,1-4,7-8,10-11H2,(H,20,21);1H. The maximum Gasteiger partial charge on any atom is 0.220 e. The Hall–Kier alpha value is -1.40. The van der Waals surface area contributed by atoms with Gasteiger partial charge in [-0.05, 0) is 50.4 Å². The van der Waals surface area contributed by atoms with E-state index in [2.05, 4.69) is 10.6 Å². The second kappa shape index (κ2) is 10.4. The average molecular weight is 349 g/mol. The van der Waals surface area contributed by atoms with Crippen molar-refractivity contribution in [3.8, 4) is 5.75 Å². The van der Waals surface area contributed by atoms with E-state index in [9.17, 15) is 13.6 Å². The molecule has 1 saturated heterocycles. The Kier molecular flexibility index (Phi) is 8.87. The monoisotopic (exact) mass is 348 g/mol. The number of piperidine rings is 1. The highest BCUT2D eigenvalue weighted by atomic mass is 35.5. The van der Waals surface area contributed by atoms with Crippen LogP contribution in [0.5, 0.6) is 5.75 Å². The zero-order chi connectivity index (χ0) is 15.8. The summed E-state index contributed by atoms with van der Waals surface area (Å²) in [4.78, 5) is 11.7. The highest BCUT2D eigenvalue weighted by Gasteiger charge is 2.13. The molecular weight excluding hydrogens is 326 g/mol. The molecule has 0 spiro atoms. The molecule has 130 valence electrons. The first-order chi connectivity index (χ1) is 10.6. The Morgan fingerprint density at radius 3 is 2.91 bits per heavy atom. The fraction of sp³-hybridized carbons (Fsp3) is 0.562. The Morgan fingerprint density at radius 1 is 1.39 bits per heavy atom. The van der Waals surface area contributed by atoms with Crippen LogP contribution >= 0.6 is 12.4 Å². The summed E-state index contributed by atoms with van der Waals surface area (Å²) in [6.07, 6.45) is 3.12. The topological polar surface area (TPSA) is 50.4 Å². The van der Waals surface area contributed by atoms with Gasteiger partial charge in [0.05, 0.1) is 6.61 Å². The smallest absolute Gasteiger partial charge is 0.220 e. The molecule has 1 amide bonds. The summed E-state index contributed by atoms with van der Waals surface area (Å²) in [5, 5.41) is 6.22. The Balaban J connectivity index is 0.00000264. The number of halogens is 3. The maximum absolute atomic E-state index is 13.3. The van der Waals surface area contributed by atoms with Gasteiger partial charge in [0.15, 0.2) is 11.6 Å². The number of nitrogens with one attached hydrogen (secondary N) is 2. The fourth-order valence-electron chi connectivity index (χ4n) is 2.45. The van der Waals surface area contributed by atoms with Gasteiger partial charge in [-0.1, -0.05) is 0 Å². The van der Waals surface area contributed by atoms with Crippen LogP contribution in [0.4, 0.5) is 8.78 Å². The Morgan fingerprint density at radius 2 is 2.22 bits per heavy atom. The van der Waals surface area contributed by atoms with E-state index in [4.69, 9.17) is 4.74 Å². The second-order valence-electron chi connectivity index (χ2n) is 5.54. The summed E-state index contributed by atoms with van der Waals surface area (Å²) >= 11 is 0. The van der Waals surface area contributed by atoms with E-state index in [1.807, 2.05) is 0 Å². The molecule has 4 nitrogen and oxygen atoms in total. The van der Waals surface area contributed by atoms with Gasteiger partial charge in [-0.15, -0.1) is 12.4 Å². The van der Waals surface area contributed by atoms with Gasteiger partial charge >= 0.3 is 0 Å². The van der Waals surface area contributed by atoms with Crippen molar-refractivity contribution in [3.63, 3.8) is 0 Å². The van der Waals surface area contributed by atoms with Crippen molar-refractivity contribution in [3.05, 3.63) is 29.8 Å². The van der Waals surface area contributed by atoms with Crippen LogP contribution in [-0.2, 0) is 4.79 Å². The molecule has 2 rings (SSSR count). The summed E-state index contributed by atoms with van der Waals surface area (Å²) in [5.74, 6) is -0.873. The van der Waals surface area contributed by atoms with Gasteiger partial charge in [-0.25, -0.2) is 8.78 Å². The van der Waals surface area contributed by atoms with Crippen molar-refractivity contribution < 1.29 is 18.3 Å². The highest BCUT2D eigenvalue weighted by Crippen LogP contribution is 2.17. The molecule has 1 aliphatic heterocycles. The first-order valence-corrected chi connectivity index (χ1v) is 7.70. The number of carbonyl (C=O) groups is 1. The molecule has 1 aliphatic rings. The lowest BCUT2D eigenvalue weighted by Crippen LogP contribution is -2.38. The molecule has 0 aliphatic carbocycles. The lowest BCUT2D eigenvalue weighted by atomic mass is 10.00. The molecule has 7 heteroatoms. The molecule has 0 saturated carbocycles. The van der Waals surface area contributed by atoms with Crippen LogP contribution in [0.25, 0.3) is 0 Å². The van der Waals surface area contributed by atoms with Crippen molar-refractivity contribution in [2.75, 3.05) is 26.2 Å². The molecular formula is C16H23ClF2N2O2. The van der Waals surface area contributed by atoms with Gasteiger partial charge in [0.25, 0.3) is 0 Å². The lowest BCUT2D eigenvalue weighted by Gasteiger charge is -2.22. The molecule has 0 bridgehead atoms. The van der Waals surface area contributed by atoms with Crippen LogP contribution in [-0.4, -0.2) is 32.1 Å². The van der Waals surface area contributed by atoms with Crippen molar-refractivity contribution in [1.82, 2.24) is 10.6 Å². The molecule has 1 atom stereocenters. The Bertz CT molecular complexity index is 497. The first-order valence-electron chi connectivity index (χ1n) is 7.70. The summed E-state index contributed by atoms with van der Waals surface area (Å²) in [6, 6.07) is 3.17. The number of benzene rings is 1. The highest BCUT2D eigenvalue weighted by molar-refractivity contribution is 5.85. The largest absolute Gasteiger partial charge is 0.491 e. The van der Waals surface area contributed by atoms with E-state index >= 15 is 0 Å². The van der Waals surface area contributed by atoms with E-state index in [0.717, 1.165) is 38.1 Å². The maximum atomic E-state index is 13.3. The van der Waals surface area contributed by atoms with E-state index in [-0.39, 0.29) is 30.7 Å². The predicted octanol–water partition coefficient (Wildman–Crippen LogP) is 2.66. The van der Waals surface area contributed by atoms with Gasteiger partial charge in [0, 0.05) is 19.0 Å². The predicted molar refractivity (Wildman–Crippen MR) is 86.9 cm³/mol. The summed E-state index contributed by atoms with van der Waals surface area (Å²) in [7, 11) is 0. The lowest BCUT2D eigenvalue weighted by molar-refractivity contribution is -0.121. The quantitative estimate of drug-likeness (QED) is 0.745. The molecule has 1 aromatic rings. The van der Waals surface area contributed by atoms with E-state index < -0.39 is 11.6 Å². The third-order valence-corrected chi connectivity index (χ3v) is 3.69. The molecule has 1 unspecified atom stereocenters. The van der Waals surface area contributed by atoms with Gasteiger partial charge in [0.2, 0.25) is 5.91 Å². The van der Waals surface area contributed by atoms with Crippen LogP contribution in [0, 0.1) is 17.6 Å². The minimum atomic E-state index is -0.728. The van der Waals surface area contributed by atoms with Crippen LogP contribution < -0.4 is 15.4 Å². The van der Waals surface area contributed by atoms with Crippen molar-refractivity contribution in [1.29, 1.82) is 0 Å². The zero-order valence-electron chi connectivity index (χ0n) is 12.9. The number of hydrogen-bond acceptors (Lipinski definition) is 3. The number of amides is 1. The Labute approximate surface area is 141 Å². The van der Waals surface area contributed by atoms with Gasteiger partial charge in [-0.3, -0.25) is 4.79 Å². The van der Waals surface area contributed by atoms with E-state index in [0.29, 0.717) is 25.3 Å². The minimum Gasteiger partial charge on any atom is -0.491 e. The third-order valence-electron chi connectivity index (χ3n) is 3.69. The average Bonchev–Trinajstić information content (AvgIpc) is 2.52. The van der Waals surface area contributed by atoms with E-state index in [1.165, 1.54) is 6.07 Å². The molecule has 2 N–H and O–H groups in total. The third kappa shape index (κ3) is 7.14. The van der Waals surface area contributed by atoms with Crippen LogP contribution in [0.15, 0.2) is 18.2 Å². The molecule has 0 radical (unpaired) electrons. The molecule has 1 heterocycles. The van der Waals surface area contributed by atoms with Crippen molar-refractivity contribution in [2.45, 2.75) is 25.7 Å². The second-order valence-corrected chi connectivity index (χ2v) is 5.54. The van der Waals surface area contributed by atoms with Gasteiger partial charge in [-0.2, -0.15) is 0 Å². The van der Waals surface area contributed by atoms with Gasteiger partial charge in [0.1, 0.15) is 5.82 Å². The number of rotatable bonds is 7. The zero-order valence-corrected chi connectivity index (χ0v) is 13.8. The van der Waals surface area contributed by atoms with Crippen molar-refractivity contribution >= 4 is 18.3 Å². The molecule has 1 fully saturated rings. The van der Waals surface area contributed by atoms with Crippen LogP contribution in [0.1, 0.15) is 25.7 Å². The first kappa shape index (κ1) is 19.6. The molecule has 23 heavy (non-hydrogen) atoms. The summed E-state index contributed by atoms with van der Waals surface area (Å²) < 4.78 is 31.2. The van der Waals surface area contributed by atoms with Crippen LogP contribution in [0.2, 0.25) is 0 Å². The van der Waals surface area contributed by atoms with E-state index in [1.54, 1.807) is 0 Å². The minimum absolute atomic E-state index is 0. The number of carbonyl (C=O) groups excluding carboxylic acids is 1. The molecule has 1 aromatic carbocycles. The molecule has 0 aromatic heterocycles. The normalized spacial score (nSPS) is 17.2. The SMILES string of the molecule is Cl.O=C(CCCOc1ccc(F)cc1F)NCC1CCCNC1. The number of ether oxygens (including phenoxy) is 1. The number of hydrogen-bond donors (Lipinski definition) is 2. The fourth-order valence-corrected chi connectivity index (χ4v) is 2.45. The van der Waals surface area contributed by atoms with Crippen LogP contribution in [0.3, 0.4) is 0 Å². The summed E-state index contributed by atoms with van der Waals surface area (Å²) in [5.41, 5.74) is 0. The van der Waals surface area contributed by atoms with Gasteiger partial charge < -0.3 is 15.4 Å². The van der Waals surface area contributed by atoms with Crippen molar-refractivity contribution in [2.24, 2.45) is 5.92 Å². The summed E-state index contributed by atoms with van der Waals surface area (Å²) in [6.45, 7) is 2.93.